The average molecular weight is 99.1 g/mol. The highest BCUT2D eigenvalue weighted by atomic mass is 16.5. The third-order valence-electron chi connectivity index (χ3n) is 0.486. The molecule has 0 bridgehead atoms. The monoisotopic (exact) mass is 99.1 g/mol. The maximum Gasteiger partial charge on any atom is 0.165 e. The number of rotatable bonds is 3. The molecule has 40 valence electrons. The van der Waals surface area contributed by atoms with Crippen molar-refractivity contribution < 1.29 is 4.74 Å². The molecule has 0 heterocycles. The first-order valence-electron chi connectivity index (χ1n) is 1.95. The van der Waals surface area contributed by atoms with Crippen LogP contribution in [-0.2, 0) is 4.74 Å². The quantitative estimate of drug-likeness (QED) is 0.320. The second-order valence-electron chi connectivity index (χ2n) is 1.00. The first-order chi connectivity index (χ1) is 3.31. The van der Waals surface area contributed by atoms with Crippen LogP contribution in [0.25, 0.3) is 0 Å². The molecule has 0 rings (SSSR count). The van der Waals surface area contributed by atoms with Crippen LogP contribution < -0.4 is 5.73 Å². The lowest BCUT2D eigenvalue weighted by Gasteiger charge is -2.01. The molecule has 0 aliphatic carbocycles. The fourth-order valence-corrected chi connectivity index (χ4v) is 0.167. The van der Waals surface area contributed by atoms with Crippen molar-refractivity contribution in [1.82, 2.24) is 0 Å². The van der Waals surface area contributed by atoms with Gasteiger partial charge in [0.2, 0.25) is 0 Å². The van der Waals surface area contributed by atoms with Gasteiger partial charge in [-0.1, -0.05) is 13.2 Å². The zero-order valence-corrected chi connectivity index (χ0v) is 4.13. The maximum atomic E-state index is 5.17. The van der Waals surface area contributed by atoms with Crippen LogP contribution in [0.5, 0.6) is 0 Å². The molecule has 0 saturated heterocycles. The first-order valence-corrected chi connectivity index (χ1v) is 1.95. The van der Waals surface area contributed by atoms with Crippen LogP contribution >= 0.6 is 0 Å². The topological polar surface area (TPSA) is 35.2 Å². The van der Waals surface area contributed by atoms with Crippen LogP contribution in [0.4, 0.5) is 0 Å². The van der Waals surface area contributed by atoms with Crippen molar-refractivity contribution in [2.24, 2.45) is 5.73 Å². The minimum Gasteiger partial charge on any atom is -0.480 e. The van der Waals surface area contributed by atoms with Gasteiger partial charge in [0.05, 0.1) is 6.26 Å². The van der Waals surface area contributed by atoms with E-state index in [0.717, 1.165) is 0 Å². The second kappa shape index (κ2) is 3.43. The van der Waals surface area contributed by atoms with Gasteiger partial charge >= 0.3 is 0 Å². The highest BCUT2D eigenvalue weighted by Crippen LogP contribution is 1.80. The molecule has 0 amide bonds. The van der Waals surface area contributed by atoms with Gasteiger partial charge in [-0.15, -0.1) is 0 Å². The minimum atomic E-state index is -0.405. The number of hydrogen-bond acceptors (Lipinski definition) is 2. The van der Waals surface area contributed by atoms with Gasteiger partial charge < -0.3 is 4.74 Å². The summed E-state index contributed by atoms with van der Waals surface area (Å²) in [6, 6.07) is 0. The van der Waals surface area contributed by atoms with Gasteiger partial charge in [-0.25, -0.2) is 0 Å². The minimum absolute atomic E-state index is 0.405. The lowest BCUT2D eigenvalue weighted by molar-refractivity contribution is 0.195. The van der Waals surface area contributed by atoms with Crippen molar-refractivity contribution in [3.63, 3.8) is 0 Å². The second-order valence-corrected chi connectivity index (χ2v) is 1.00. The Morgan fingerprint density at radius 1 is 1.57 bits per heavy atom. The van der Waals surface area contributed by atoms with E-state index < -0.39 is 6.23 Å². The fraction of sp³-hybridized carbons (Fsp3) is 0.200. The van der Waals surface area contributed by atoms with Crippen LogP contribution in [0.2, 0.25) is 0 Å². The van der Waals surface area contributed by atoms with E-state index in [1.165, 1.54) is 12.3 Å². The zero-order valence-electron chi connectivity index (χ0n) is 4.13. The smallest absolute Gasteiger partial charge is 0.165 e. The largest absolute Gasteiger partial charge is 0.480 e. The summed E-state index contributed by atoms with van der Waals surface area (Å²) in [6.45, 7) is 6.68. The molecule has 0 aromatic carbocycles. The van der Waals surface area contributed by atoms with Gasteiger partial charge in [0.25, 0.3) is 0 Å². The third kappa shape index (κ3) is 3.06. The van der Waals surface area contributed by atoms with Crippen LogP contribution in [0.1, 0.15) is 0 Å². The van der Waals surface area contributed by atoms with E-state index in [0.29, 0.717) is 0 Å². The molecule has 0 aromatic heterocycles. The number of hydrogen-bond donors (Lipinski definition) is 1. The first kappa shape index (κ1) is 6.24. The van der Waals surface area contributed by atoms with Crippen LogP contribution in [0.15, 0.2) is 25.5 Å². The van der Waals surface area contributed by atoms with Gasteiger partial charge in [-0.3, -0.25) is 5.73 Å². The summed E-state index contributed by atoms with van der Waals surface area (Å²) in [5.74, 6) is 0. The summed E-state index contributed by atoms with van der Waals surface area (Å²) in [4.78, 5) is 0. The van der Waals surface area contributed by atoms with Crippen LogP contribution in [-0.4, -0.2) is 6.23 Å². The van der Waals surface area contributed by atoms with Gasteiger partial charge in [0, 0.05) is 0 Å². The Morgan fingerprint density at radius 2 is 2.14 bits per heavy atom. The average Bonchev–Trinajstić information content (AvgIpc) is 1.68. The summed E-state index contributed by atoms with van der Waals surface area (Å²) in [6.07, 6.45) is 2.37. The predicted octanol–water partition coefficient (Wildman–Crippen LogP) is 0.617. The van der Waals surface area contributed by atoms with Gasteiger partial charge in [0.15, 0.2) is 6.23 Å². The lowest BCUT2D eigenvalue weighted by atomic mass is 10.6. The standard InChI is InChI=1S/C5H9NO/c1-3-5(6)7-4-2/h3-5H,1-2,6H2. The molecule has 7 heavy (non-hydrogen) atoms. The molecule has 0 radical (unpaired) electrons. The van der Waals surface area contributed by atoms with E-state index >= 15 is 0 Å². The predicted molar refractivity (Wildman–Crippen MR) is 29.5 cm³/mol. The van der Waals surface area contributed by atoms with E-state index in [-0.39, 0.29) is 0 Å². The van der Waals surface area contributed by atoms with Gasteiger partial charge in [0.1, 0.15) is 0 Å². The number of ether oxygens (including phenoxy) is 1. The SMILES string of the molecule is C=COC(N)C=C. The Hall–Kier alpha value is -0.760. The summed E-state index contributed by atoms with van der Waals surface area (Å²) >= 11 is 0. The van der Waals surface area contributed by atoms with Crippen molar-refractivity contribution >= 4 is 0 Å². The Balaban J connectivity index is 3.15. The van der Waals surface area contributed by atoms with Crippen molar-refractivity contribution in [1.29, 1.82) is 0 Å². The Kier molecular flexibility index (Phi) is 3.06. The Morgan fingerprint density at radius 3 is 2.29 bits per heavy atom. The highest BCUT2D eigenvalue weighted by molar-refractivity contribution is 4.75. The van der Waals surface area contributed by atoms with Gasteiger partial charge in [-0.05, 0) is 6.08 Å². The molecule has 2 N–H and O–H groups in total. The maximum absolute atomic E-state index is 5.17. The molecule has 0 aromatic rings. The number of nitrogens with two attached hydrogens (primary N) is 1. The molecule has 0 aliphatic rings. The highest BCUT2D eigenvalue weighted by Gasteiger charge is 1.85. The molecule has 1 unspecified atom stereocenters. The molecular formula is C5H9NO. The zero-order chi connectivity index (χ0) is 5.70. The van der Waals surface area contributed by atoms with Crippen molar-refractivity contribution in [3.05, 3.63) is 25.5 Å². The van der Waals surface area contributed by atoms with Crippen LogP contribution in [0.3, 0.4) is 0 Å². The Labute approximate surface area is 43.3 Å². The molecular weight excluding hydrogens is 90.1 g/mol. The van der Waals surface area contributed by atoms with Crippen molar-refractivity contribution in [2.75, 3.05) is 0 Å². The van der Waals surface area contributed by atoms with E-state index in [1.807, 2.05) is 0 Å². The van der Waals surface area contributed by atoms with Crippen LogP contribution in [0, 0.1) is 0 Å². The normalized spacial score (nSPS) is 12.1. The third-order valence-corrected chi connectivity index (χ3v) is 0.486. The van der Waals surface area contributed by atoms with E-state index in [9.17, 15) is 0 Å². The van der Waals surface area contributed by atoms with Crippen molar-refractivity contribution in [3.8, 4) is 0 Å². The van der Waals surface area contributed by atoms with E-state index in [1.54, 1.807) is 0 Å². The lowest BCUT2D eigenvalue weighted by Crippen LogP contribution is -2.17. The summed E-state index contributed by atoms with van der Waals surface area (Å²) in [5, 5.41) is 0. The van der Waals surface area contributed by atoms with Gasteiger partial charge in [-0.2, -0.15) is 0 Å². The summed E-state index contributed by atoms with van der Waals surface area (Å²) in [7, 11) is 0. The van der Waals surface area contributed by atoms with E-state index in [4.69, 9.17) is 5.73 Å². The molecule has 0 aliphatic heterocycles. The molecule has 2 heteroatoms. The molecule has 0 saturated carbocycles. The molecule has 2 nitrogen and oxygen atoms in total. The van der Waals surface area contributed by atoms with E-state index in [2.05, 4.69) is 17.9 Å². The fourth-order valence-electron chi connectivity index (χ4n) is 0.167. The summed E-state index contributed by atoms with van der Waals surface area (Å²) < 4.78 is 4.61. The molecule has 1 atom stereocenters. The molecule has 0 fully saturated rings. The molecule has 0 spiro atoms. The summed E-state index contributed by atoms with van der Waals surface area (Å²) in [5.41, 5.74) is 5.17. The Bertz CT molecular complexity index is 70.5. The van der Waals surface area contributed by atoms with Crippen molar-refractivity contribution in [2.45, 2.75) is 6.23 Å².